The van der Waals surface area contributed by atoms with E-state index in [1.807, 2.05) is 12.1 Å². The number of hydrogen-bond acceptors (Lipinski definition) is 3. The van der Waals surface area contributed by atoms with E-state index in [1.165, 1.54) is 12.1 Å². The van der Waals surface area contributed by atoms with Gasteiger partial charge in [-0.25, -0.2) is 14.4 Å². The topological polar surface area (TPSA) is 50.9 Å². The largest absolute Gasteiger partial charge is 0.388 e. The first kappa shape index (κ1) is 11.8. The molecular formula is C14H12FN3O. The highest BCUT2D eigenvalue weighted by Gasteiger charge is 2.11. The second-order valence-corrected chi connectivity index (χ2v) is 4.25. The molecule has 1 N–H and O–H groups in total. The lowest BCUT2D eigenvalue weighted by atomic mass is 10.2. The van der Waals surface area contributed by atoms with E-state index >= 15 is 0 Å². The first-order chi connectivity index (χ1) is 9.28. The molecule has 19 heavy (non-hydrogen) atoms. The first-order valence-corrected chi connectivity index (χ1v) is 5.93. The van der Waals surface area contributed by atoms with Crippen molar-refractivity contribution in [2.45, 2.75) is 13.2 Å². The van der Waals surface area contributed by atoms with Gasteiger partial charge in [0.2, 0.25) is 0 Å². The van der Waals surface area contributed by atoms with Gasteiger partial charge in [-0.2, -0.15) is 0 Å². The van der Waals surface area contributed by atoms with Crippen LogP contribution in [-0.4, -0.2) is 19.6 Å². The Morgan fingerprint density at radius 3 is 2.89 bits per heavy atom. The third-order valence-corrected chi connectivity index (χ3v) is 2.95. The molecule has 1 aromatic carbocycles. The maximum atomic E-state index is 13.2. The predicted octanol–water partition coefficient (Wildman–Crippen LogP) is 2.11. The standard InChI is InChI=1S/C14H12FN3O/c15-11-4-1-3-10(7-11)8-18-13(9-19)17-12-5-2-6-16-14(12)18/h1-7,19H,8-9H2. The molecule has 0 fully saturated rings. The van der Waals surface area contributed by atoms with Gasteiger partial charge in [0.15, 0.2) is 5.65 Å². The highest BCUT2D eigenvalue weighted by atomic mass is 19.1. The van der Waals surface area contributed by atoms with E-state index < -0.39 is 0 Å². The minimum atomic E-state index is -0.277. The van der Waals surface area contributed by atoms with Crippen molar-refractivity contribution in [3.63, 3.8) is 0 Å². The summed E-state index contributed by atoms with van der Waals surface area (Å²) in [5.41, 5.74) is 2.22. The van der Waals surface area contributed by atoms with Gasteiger partial charge in [0.1, 0.15) is 23.8 Å². The fourth-order valence-electron chi connectivity index (χ4n) is 2.11. The molecule has 0 atom stereocenters. The summed E-state index contributed by atoms with van der Waals surface area (Å²) in [6.07, 6.45) is 1.67. The van der Waals surface area contributed by atoms with Crippen LogP contribution in [0.15, 0.2) is 42.6 Å². The van der Waals surface area contributed by atoms with Crippen LogP contribution in [0.2, 0.25) is 0 Å². The quantitative estimate of drug-likeness (QED) is 0.781. The summed E-state index contributed by atoms with van der Waals surface area (Å²) in [5.74, 6) is 0.249. The van der Waals surface area contributed by atoms with Gasteiger partial charge in [-0.15, -0.1) is 0 Å². The molecule has 96 valence electrons. The average molecular weight is 257 g/mol. The van der Waals surface area contributed by atoms with Gasteiger partial charge < -0.3 is 9.67 Å². The predicted molar refractivity (Wildman–Crippen MR) is 69.0 cm³/mol. The Kier molecular flexibility index (Phi) is 2.97. The van der Waals surface area contributed by atoms with Crippen molar-refractivity contribution in [3.8, 4) is 0 Å². The summed E-state index contributed by atoms with van der Waals surface area (Å²) < 4.78 is 15.0. The number of aliphatic hydroxyl groups is 1. The zero-order valence-corrected chi connectivity index (χ0v) is 10.1. The fraction of sp³-hybridized carbons (Fsp3) is 0.143. The smallest absolute Gasteiger partial charge is 0.160 e. The van der Waals surface area contributed by atoms with Crippen LogP contribution in [0.1, 0.15) is 11.4 Å². The zero-order valence-electron chi connectivity index (χ0n) is 10.1. The lowest BCUT2D eigenvalue weighted by molar-refractivity contribution is 0.267. The van der Waals surface area contributed by atoms with Gasteiger partial charge in [-0.1, -0.05) is 12.1 Å². The molecule has 4 nitrogen and oxygen atoms in total. The van der Waals surface area contributed by atoms with E-state index in [1.54, 1.807) is 22.9 Å². The van der Waals surface area contributed by atoms with E-state index in [2.05, 4.69) is 9.97 Å². The van der Waals surface area contributed by atoms with E-state index in [9.17, 15) is 9.50 Å². The van der Waals surface area contributed by atoms with Crippen molar-refractivity contribution >= 4 is 11.2 Å². The molecular weight excluding hydrogens is 245 g/mol. The number of hydrogen-bond donors (Lipinski definition) is 1. The second kappa shape index (κ2) is 4.78. The normalized spacial score (nSPS) is 11.1. The van der Waals surface area contributed by atoms with Gasteiger partial charge >= 0.3 is 0 Å². The average Bonchev–Trinajstić information content (AvgIpc) is 2.77. The number of pyridine rings is 1. The summed E-state index contributed by atoms with van der Waals surface area (Å²) in [6, 6.07) is 10.00. The van der Waals surface area contributed by atoms with Crippen LogP contribution in [0.25, 0.3) is 11.2 Å². The minimum Gasteiger partial charge on any atom is -0.388 e. The molecule has 0 unspecified atom stereocenters. The monoisotopic (exact) mass is 257 g/mol. The van der Waals surface area contributed by atoms with Crippen molar-refractivity contribution < 1.29 is 9.50 Å². The fourth-order valence-corrected chi connectivity index (χ4v) is 2.11. The first-order valence-electron chi connectivity index (χ1n) is 5.93. The SMILES string of the molecule is OCc1nc2cccnc2n1Cc1cccc(F)c1. The van der Waals surface area contributed by atoms with E-state index in [0.717, 1.165) is 11.1 Å². The van der Waals surface area contributed by atoms with Gasteiger partial charge in [-0.05, 0) is 29.8 Å². The third-order valence-electron chi connectivity index (χ3n) is 2.95. The van der Waals surface area contributed by atoms with Crippen LogP contribution in [0.4, 0.5) is 4.39 Å². The number of aromatic nitrogens is 3. The van der Waals surface area contributed by atoms with Crippen LogP contribution < -0.4 is 0 Å². The van der Waals surface area contributed by atoms with Crippen molar-refractivity contribution in [3.05, 3.63) is 59.8 Å². The highest BCUT2D eigenvalue weighted by molar-refractivity contribution is 5.71. The van der Waals surface area contributed by atoms with Crippen molar-refractivity contribution in [2.75, 3.05) is 0 Å². The molecule has 2 aromatic heterocycles. The molecule has 2 heterocycles. The molecule has 0 aliphatic rings. The summed E-state index contributed by atoms with van der Waals surface area (Å²) in [7, 11) is 0. The molecule has 0 amide bonds. The maximum Gasteiger partial charge on any atom is 0.160 e. The number of rotatable bonds is 3. The number of imidazole rings is 1. The molecule has 0 saturated heterocycles. The van der Waals surface area contributed by atoms with Crippen LogP contribution in [-0.2, 0) is 13.2 Å². The van der Waals surface area contributed by atoms with Gasteiger partial charge in [0, 0.05) is 6.20 Å². The van der Waals surface area contributed by atoms with Crippen molar-refractivity contribution in [2.24, 2.45) is 0 Å². The lowest BCUT2D eigenvalue weighted by Crippen LogP contribution is -2.06. The Hall–Kier alpha value is -2.27. The Morgan fingerprint density at radius 2 is 2.11 bits per heavy atom. The Bertz CT molecular complexity index is 724. The molecule has 0 saturated carbocycles. The summed E-state index contributed by atoms with van der Waals surface area (Å²) in [5, 5.41) is 9.37. The van der Waals surface area contributed by atoms with Crippen LogP contribution >= 0.6 is 0 Å². The van der Waals surface area contributed by atoms with Crippen LogP contribution in [0.5, 0.6) is 0 Å². The van der Waals surface area contributed by atoms with Gasteiger partial charge in [0.25, 0.3) is 0 Å². The van der Waals surface area contributed by atoms with Crippen LogP contribution in [0.3, 0.4) is 0 Å². The number of aliphatic hydroxyl groups excluding tert-OH is 1. The number of fused-ring (bicyclic) bond motifs is 1. The van der Waals surface area contributed by atoms with E-state index in [0.29, 0.717) is 18.0 Å². The molecule has 3 aromatic rings. The summed E-state index contributed by atoms with van der Waals surface area (Å²) >= 11 is 0. The molecule has 0 aliphatic heterocycles. The lowest BCUT2D eigenvalue weighted by Gasteiger charge is -2.07. The minimum absolute atomic E-state index is 0.175. The van der Waals surface area contributed by atoms with Crippen molar-refractivity contribution in [1.29, 1.82) is 0 Å². The third kappa shape index (κ3) is 2.20. The molecule has 0 bridgehead atoms. The van der Waals surface area contributed by atoms with E-state index in [-0.39, 0.29) is 12.4 Å². The molecule has 0 spiro atoms. The van der Waals surface area contributed by atoms with Gasteiger partial charge in [-0.3, -0.25) is 0 Å². The van der Waals surface area contributed by atoms with Crippen LogP contribution in [0, 0.1) is 5.82 Å². The Labute approximate surface area is 109 Å². The second-order valence-electron chi connectivity index (χ2n) is 4.25. The van der Waals surface area contributed by atoms with Gasteiger partial charge in [0.05, 0.1) is 6.54 Å². The zero-order chi connectivity index (χ0) is 13.2. The molecule has 0 radical (unpaired) electrons. The Balaban J connectivity index is 2.08. The summed E-state index contributed by atoms with van der Waals surface area (Å²) in [6.45, 7) is 0.257. The number of halogens is 1. The summed E-state index contributed by atoms with van der Waals surface area (Å²) in [4.78, 5) is 8.57. The number of nitrogens with zero attached hydrogens (tertiary/aromatic N) is 3. The Morgan fingerprint density at radius 1 is 1.21 bits per heavy atom. The van der Waals surface area contributed by atoms with E-state index in [4.69, 9.17) is 0 Å². The molecule has 5 heteroatoms. The highest BCUT2D eigenvalue weighted by Crippen LogP contribution is 2.16. The van der Waals surface area contributed by atoms with Crippen molar-refractivity contribution in [1.82, 2.24) is 14.5 Å². The maximum absolute atomic E-state index is 13.2. The molecule has 0 aliphatic carbocycles. The molecule has 3 rings (SSSR count). The number of benzene rings is 1.